The van der Waals surface area contributed by atoms with E-state index in [1.807, 2.05) is 0 Å². The van der Waals surface area contributed by atoms with Crippen LogP contribution in [-0.4, -0.2) is 18.0 Å². The van der Waals surface area contributed by atoms with Crippen LogP contribution < -0.4 is 15.8 Å². The smallest absolute Gasteiger partial charge is 0.259 e. The fourth-order valence-corrected chi connectivity index (χ4v) is 2.19. The molecule has 0 saturated carbocycles. The summed E-state index contributed by atoms with van der Waals surface area (Å²) in [5.74, 6) is 0.0695. The third-order valence-electron chi connectivity index (χ3n) is 2.85. The zero-order chi connectivity index (χ0) is 15.4. The average Bonchev–Trinajstić information content (AvgIpc) is 2.47. The lowest BCUT2D eigenvalue weighted by molar-refractivity contribution is 0.102. The molecule has 108 valence electrons. The number of anilines is 1. The molecule has 2 rings (SSSR count). The molecule has 0 radical (unpaired) electrons. The van der Waals surface area contributed by atoms with Crippen LogP contribution in [0.5, 0.6) is 5.75 Å². The van der Waals surface area contributed by atoms with E-state index in [-0.39, 0.29) is 10.9 Å². The quantitative estimate of drug-likeness (QED) is 0.849. The molecule has 0 bridgehead atoms. The van der Waals surface area contributed by atoms with E-state index in [2.05, 4.69) is 5.32 Å². The molecule has 0 aliphatic heterocycles. The fourth-order valence-electron chi connectivity index (χ4n) is 1.85. The zero-order valence-corrected chi connectivity index (χ0v) is 12.8. The predicted octanol–water partition coefficient (Wildman–Crippen LogP) is 3.24. The van der Waals surface area contributed by atoms with Gasteiger partial charge in [-0.3, -0.25) is 4.79 Å². The minimum Gasteiger partial charge on any atom is -0.496 e. The molecule has 0 unspecified atom stereocenters. The number of amides is 1. The summed E-state index contributed by atoms with van der Waals surface area (Å²) in [7, 11) is 1.48. The molecule has 1 amide bonds. The highest BCUT2D eigenvalue weighted by Crippen LogP contribution is 2.24. The lowest BCUT2D eigenvalue weighted by atomic mass is 10.1. The van der Waals surface area contributed by atoms with Crippen molar-refractivity contribution in [1.29, 1.82) is 0 Å². The second-order valence-corrected chi connectivity index (χ2v) is 5.08. The number of nitrogens with one attached hydrogen (secondary N) is 1. The van der Waals surface area contributed by atoms with Crippen molar-refractivity contribution < 1.29 is 9.53 Å². The molecule has 0 aromatic heterocycles. The molecule has 0 saturated heterocycles. The van der Waals surface area contributed by atoms with Crippen molar-refractivity contribution in [3.05, 3.63) is 58.6 Å². The number of para-hydroxylation sites is 1. The van der Waals surface area contributed by atoms with Crippen LogP contribution in [0.1, 0.15) is 15.9 Å². The summed E-state index contributed by atoms with van der Waals surface area (Å²) in [6.07, 6.45) is 0. The second kappa shape index (κ2) is 6.56. The highest BCUT2D eigenvalue weighted by molar-refractivity contribution is 7.80. The molecular formula is C15H13ClN2O2S. The first-order valence-electron chi connectivity index (χ1n) is 6.06. The Morgan fingerprint density at radius 3 is 2.62 bits per heavy atom. The number of hydrogen-bond donors (Lipinski definition) is 2. The number of thiocarbonyl (C=S) groups is 1. The van der Waals surface area contributed by atoms with Crippen molar-refractivity contribution in [2.24, 2.45) is 5.73 Å². The normalized spacial score (nSPS) is 10.0. The number of carbonyl (C=O) groups excluding carboxylic acids is 1. The zero-order valence-electron chi connectivity index (χ0n) is 11.2. The van der Waals surface area contributed by atoms with Crippen LogP contribution in [0.15, 0.2) is 42.5 Å². The molecule has 2 aromatic rings. The minimum atomic E-state index is -0.327. The van der Waals surface area contributed by atoms with Crippen LogP contribution in [0.2, 0.25) is 5.02 Å². The van der Waals surface area contributed by atoms with Crippen molar-refractivity contribution in [2.45, 2.75) is 0 Å². The van der Waals surface area contributed by atoms with Crippen LogP contribution in [0, 0.1) is 0 Å². The van der Waals surface area contributed by atoms with E-state index >= 15 is 0 Å². The van der Waals surface area contributed by atoms with Gasteiger partial charge >= 0.3 is 0 Å². The van der Waals surface area contributed by atoms with Crippen LogP contribution in [0.3, 0.4) is 0 Å². The molecule has 0 fully saturated rings. The van der Waals surface area contributed by atoms with Crippen LogP contribution in [-0.2, 0) is 0 Å². The second-order valence-electron chi connectivity index (χ2n) is 4.21. The molecule has 4 nitrogen and oxygen atoms in total. The van der Waals surface area contributed by atoms with Crippen LogP contribution in [0.4, 0.5) is 5.69 Å². The van der Waals surface area contributed by atoms with E-state index in [0.29, 0.717) is 27.6 Å². The highest BCUT2D eigenvalue weighted by atomic mass is 35.5. The predicted molar refractivity (Wildman–Crippen MR) is 88.3 cm³/mol. The van der Waals surface area contributed by atoms with Gasteiger partial charge in [-0.15, -0.1) is 0 Å². The van der Waals surface area contributed by atoms with Gasteiger partial charge in [0.2, 0.25) is 0 Å². The monoisotopic (exact) mass is 320 g/mol. The summed E-state index contributed by atoms with van der Waals surface area (Å²) in [5.41, 5.74) is 7.17. The Kier molecular flexibility index (Phi) is 4.77. The van der Waals surface area contributed by atoms with Crippen molar-refractivity contribution in [1.82, 2.24) is 0 Å². The molecule has 0 aliphatic carbocycles. The number of halogens is 1. The third kappa shape index (κ3) is 3.51. The van der Waals surface area contributed by atoms with Crippen LogP contribution >= 0.6 is 23.8 Å². The van der Waals surface area contributed by atoms with E-state index in [0.717, 1.165) is 0 Å². The Hall–Kier alpha value is -2.11. The third-order valence-corrected chi connectivity index (χ3v) is 3.30. The summed E-state index contributed by atoms with van der Waals surface area (Å²) in [6, 6.07) is 11.9. The van der Waals surface area contributed by atoms with E-state index in [1.54, 1.807) is 42.5 Å². The number of carbonyl (C=O) groups is 1. The van der Waals surface area contributed by atoms with Crippen molar-refractivity contribution >= 4 is 40.4 Å². The molecular weight excluding hydrogens is 308 g/mol. The molecule has 6 heteroatoms. The van der Waals surface area contributed by atoms with Gasteiger partial charge in [0.1, 0.15) is 10.7 Å². The van der Waals surface area contributed by atoms with Gasteiger partial charge in [-0.2, -0.15) is 0 Å². The summed E-state index contributed by atoms with van der Waals surface area (Å²) < 4.78 is 5.17. The first kappa shape index (κ1) is 15.3. The van der Waals surface area contributed by atoms with Gasteiger partial charge in [0, 0.05) is 10.6 Å². The standard InChI is InChI=1S/C15H13ClN2O2S/c1-20-13-8-9(16)6-7-11(13)15(19)18-12-5-3-2-4-10(12)14(17)21/h2-8H,1H3,(H2,17,21)(H,18,19). The lowest BCUT2D eigenvalue weighted by Crippen LogP contribution is -2.18. The van der Waals surface area contributed by atoms with Gasteiger partial charge in [0.15, 0.2) is 0 Å². The maximum atomic E-state index is 12.4. The largest absolute Gasteiger partial charge is 0.496 e. The van der Waals surface area contributed by atoms with Gasteiger partial charge in [-0.1, -0.05) is 36.0 Å². The molecule has 0 aliphatic rings. The number of nitrogens with two attached hydrogens (primary N) is 1. The van der Waals surface area contributed by atoms with Crippen molar-refractivity contribution in [3.63, 3.8) is 0 Å². The Balaban J connectivity index is 2.33. The molecule has 0 atom stereocenters. The number of benzene rings is 2. The molecule has 0 heterocycles. The Bertz CT molecular complexity index is 704. The maximum absolute atomic E-state index is 12.4. The highest BCUT2D eigenvalue weighted by Gasteiger charge is 2.14. The van der Waals surface area contributed by atoms with Gasteiger partial charge in [0.05, 0.1) is 18.4 Å². The number of rotatable bonds is 4. The maximum Gasteiger partial charge on any atom is 0.259 e. The summed E-state index contributed by atoms with van der Waals surface area (Å²) in [4.78, 5) is 12.6. The van der Waals surface area contributed by atoms with Gasteiger partial charge < -0.3 is 15.8 Å². The SMILES string of the molecule is COc1cc(Cl)ccc1C(=O)Nc1ccccc1C(N)=S. The van der Waals surface area contributed by atoms with Gasteiger partial charge in [-0.25, -0.2) is 0 Å². The van der Waals surface area contributed by atoms with E-state index < -0.39 is 0 Å². The molecule has 3 N–H and O–H groups in total. The Labute approximate surface area is 132 Å². The van der Waals surface area contributed by atoms with E-state index in [4.69, 9.17) is 34.3 Å². The van der Waals surface area contributed by atoms with Crippen molar-refractivity contribution in [2.75, 3.05) is 12.4 Å². The Morgan fingerprint density at radius 1 is 1.24 bits per heavy atom. The summed E-state index contributed by atoms with van der Waals surface area (Å²) >= 11 is 10.9. The molecule has 0 spiro atoms. The van der Waals surface area contributed by atoms with Crippen LogP contribution in [0.25, 0.3) is 0 Å². The number of ether oxygens (including phenoxy) is 1. The first-order chi connectivity index (χ1) is 10.0. The summed E-state index contributed by atoms with van der Waals surface area (Å²) in [6.45, 7) is 0. The van der Waals surface area contributed by atoms with Gasteiger partial charge in [-0.05, 0) is 30.3 Å². The first-order valence-corrected chi connectivity index (χ1v) is 6.85. The van der Waals surface area contributed by atoms with Gasteiger partial charge in [0.25, 0.3) is 5.91 Å². The van der Waals surface area contributed by atoms with Crippen molar-refractivity contribution in [3.8, 4) is 5.75 Å². The fraction of sp³-hybridized carbons (Fsp3) is 0.0667. The Morgan fingerprint density at radius 2 is 1.95 bits per heavy atom. The number of methoxy groups -OCH3 is 1. The van der Waals surface area contributed by atoms with E-state index in [9.17, 15) is 4.79 Å². The number of hydrogen-bond acceptors (Lipinski definition) is 3. The summed E-state index contributed by atoms with van der Waals surface area (Å²) in [5, 5.41) is 3.27. The lowest BCUT2D eigenvalue weighted by Gasteiger charge is -2.12. The molecule has 2 aromatic carbocycles. The average molecular weight is 321 g/mol. The van der Waals surface area contributed by atoms with E-state index in [1.165, 1.54) is 7.11 Å². The minimum absolute atomic E-state index is 0.217. The topological polar surface area (TPSA) is 64.3 Å². The molecule has 21 heavy (non-hydrogen) atoms.